The first-order valence-corrected chi connectivity index (χ1v) is 5.71. The summed E-state index contributed by atoms with van der Waals surface area (Å²) in [4.78, 5) is 0. The molecule has 2 nitrogen and oxygen atoms in total. The largest absolute Gasteiger partial charge is 0.315 e. The molecule has 0 fully saturated rings. The van der Waals surface area contributed by atoms with Gasteiger partial charge in [-0.2, -0.15) is 0 Å². The Kier molecular flexibility index (Phi) is 9.00. The van der Waals surface area contributed by atoms with E-state index < -0.39 is 0 Å². The van der Waals surface area contributed by atoms with Gasteiger partial charge in [-0.05, 0) is 38.8 Å². The van der Waals surface area contributed by atoms with Crippen LogP contribution in [0.3, 0.4) is 0 Å². The van der Waals surface area contributed by atoms with E-state index in [9.17, 15) is 0 Å². The molecule has 0 heterocycles. The maximum Gasteiger partial charge on any atom is 0.0164 e. The zero-order chi connectivity index (χ0) is 10.8. The summed E-state index contributed by atoms with van der Waals surface area (Å²) in [5.74, 6) is 0.739. The highest BCUT2D eigenvalue weighted by atomic mass is 15.0. The SMILES string of the molecule is C=CCCCNC(C)CNCC(C)C. The highest BCUT2D eigenvalue weighted by Crippen LogP contribution is 1.90. The molecule has 0 aromatic rings. The molecule has 0 saturated heterocycles. The summed E-state index contributed by atoms with van der Waals surface area (Å²) in [6.45, 7) is 13.7. The monoisotopic (exact) mass is 198 g/mol. The molecule has 0 bridgehead atoms. The number of unbranched alkanes of at least 4 members (excludes halogenated alkanes) is 1. The van der Waals surface area contributed by atoms with Crippen molar-refractivity contribution in [2.75, 3.05) is 19.6 Å². The van der Waals surface area contributed by atoms with Crippen molar-refractivity contribution in [3.63, 3.8) is 0 Å². The second-order valence-electron chi connectivity index (χ2n) is 4.34. The lowest BCUT2D eigenvalue weighted by Gasteiger charge is -2.15. The number of rotatable bonds is 9. The Hall–Kier alpha value is -0.340. The molecule has 1 atom stereocenters. The highest BCUT2D eigenvalue weighted by Gasteiger charge is 2.00. The molecule has 0 aliphatic carbocycles. The number of allylic oxidation sites excluding steroid dienone is 1. The van der Waals surface area contributed by atoms with Crippen molar-refractivity contribution >= 4 is 0 Å². The molecule has 0 aliphatic heterocycles. The molecule has 0 amide bonds. The minimum atomic E-state index is 0.568. The minimum absolute atomic E-state index is 0.568. The van der Waals surface area contributed by atoms with Crippen molar-refractivity contribution in [1.82, 2.24) is 10.6 Å². The lowest BCUT2D eigenvalue weighted by atomic mass is 10.2. The Morgan fingerprint density at radius 2 is 1.93 bits per heavy atom. The van der Waals surface area contributed by atoms with Crippen molar-refractivity contribution < 1.29 is 0 Å². The molecule has 84 valence electrons. The van der Waals surface area contributed by atoms with Crippen LogP contribution in [0, 0.1) is 5.92 Å². The molecule has 0 aromatic carbocycles. The highest BCUT2D eigenvalue weighted by molar-refractivity contribution is 4.69. The van der Waals surface area contributed by atoms with Crippen LogP contribution in [-0.4, -0.2) is 25.7 Å². The van der Waals surface area contributed by atoms with Crippen molar-refractivity contribution in [1.29, 1.82) is 0 Å². The van der Waals surface area contributed by atoms with Gasteiger partial charge >= 0.3 is 0 Å². The molecule has 2 N–H and O–H groups in total. The zero-order valence-corrected chi connectivity index (χ0v) is 9.97. The van der Waals surface area contributed by atoms with Crippen LogP contribution in [-0.2, 0) is 0 Å². The van der Waals surface area contributed by atoms with Crippen molar-refractivity contribution in [3.05, 3.63) is 12.7 Å². The van der Waals surface area contributed by atoms with Gasteiger partial charge in [0.1, 0.15) is 0 Å². The average molecular weight is 198 g/mol. The van der Waals surface area contributed by atoms with E-state index in [1.165, 1.54) is 6.42 Å². The van der Waals surface area contributed by atoms with Gasteiger partial charge in [0.25, 0.3) is 0 Å². The normalized spacial score (nSPS) is 13.1. The smallest absolute Gasteiger partial charge is 0.0164 e. The van der Waals surface area contributed by atoms with Crippen molar-refractivity contribution in [3.8, 4) is 0 Å². The van der Waals surface area contributed by atoms with Gasteiger partial charge in [0.2, 0.25) is 0 Å². The number of nitrogens with one attached hydrogen (secondary N) is 2. The van der Waals surface area contributed by atoms with E-state index >= 15 is 0 Å². The molecule has 0 aliphatic rings. The second kappa shape index (κ2) is 9.22. The predicted molar refractivity (Wildman–Crippen MR) is 64.6 cm³/mol. The third kappa shape index (κ3) is 9.75. The van der Waals surface area contributed by atoms with Crippen LogP contribution in [0.25, 0.3) is 0 Å². The van der Waals surface area contributed by atoms with E-state index in [4.69, 9.17) is 0 Å². The van der Waals surface area contributed by atoms with Crippen LogP contribution in [0.15, 0.2) is 12.7 Å². The first kappa shape index (κ1) is 13.7. The Bertz CT molecular complexity index is 132. The van der Waals surface area contributed by atoms with Crippen LogP contribution < -0.4 is 10.6 Å². The molecule has 14 heavy (non-hydrogen) atoms. The number of hydrogen-bond donors (Lipinski definition) is 2. The molecule has 0 rings (SSSR count). The van der Waals surface area contributed by atoms with Crippen LogP contribution >= 0.6 is 0 Å². The quantitative estimate of drug-likeness (QED) is 0.438. The Labute approximate surface area is 89.2 Å². The topological polar surface area (TPSA) is 24.1 Å². The zero-order valence-electron chi connectivity index (χ0n) is 9.97. The summed E-state index contributed by atoms with van der Waals surface area (Å²) in [7, 11) is 0. The van der Waals surface area contributed by atoms with Crippen LogP contribution in [0.1, 0.15) is 33.6 Å². The average Bonchev–Trinajstić information content (AvgIpc) is 2.12. The maximum absolute atomic E-state index is 3.71. The third-order valence-electron chi connectivity index (χ3n) is 2.08. The van der Waals surface area contributed by atoms with Crippen molar-refractivity contribution in [2.45, 2.75) is 39.7 Å². The maximum atomic E-state index is 3.71. The third-order valence-corrected chi connectivity index (χ3v) is 2.08. The molecule has 0 aromatic heterocycles. The summed E-state index contributed by atoms with van der Waals surface area (Å²) in [5, 5.41) is 6.92. The number of hydrogen-bond acceptors (Lipinski definition) is 2. The molecule has 1 unspecified atom stereocenters. The lowest BCUT2D eigenvalue weighted by molar-refractivity contribution is 0.470. The van der Waals surface area contributed by atoms with E-state index in [0.717, 1.165) is 32.0 Å². The van der Waals surface area contributed by atoms with Crippen LogP contribution in [0.2, 0.25) is 0 Å². The molecule has 0 radical (unpaired) electrons. The summed E-state index contributed by atoms with van der Waals surface area (Å²) >= 11 is 0. The Balaban J connectivity index is 3.19. The second-order valence-corrected chi connectivity index (χ2v) is 4.34. The van der Waals surface area contributed by atoms with E-state index in [2.05, 4.69) is 38.0 Å². The first-order valence-electron chi connectivity index (χ1n) is 5.71. The van der Waals surface area contributed by atoms with Gasteiger partial charge in [0.15, 0.2) is 0 Å². The van der Waals surface area contributed by atoms with Gasteiger partial charge < -0.3 is 10.6 Å². The van der Waals surface area contributed by atoms with Gasteiger partial charge in [-0.3, -0.25) is 0 Å². The first-order chi connectivity index (χ1) is 6.66. The van der Waals surface area contributed by atoms with E-state index in [1.807, 2.05) is 6.08 Å². The van der Waals surface area contributed by atoms with E-state index in [0.29, 0.717) is 6.04 Å². The van der Waals surface area contributed by atoms with Crippen molar-refractivity contribution in [2.24, 2.45) is 5.92 Å². The van der Waals surface area contributed by atoms with Crippen LogP contribution in [0.5, 0.6) is 0 Å². The summed E-state index contributed by atoms with van der Waals surface area (Å²) in [6, 6.07) is 0.568. The fourth-order valence-electron chi connectivity index (χ4n) is 1.26. The molecule has 0 spiro atoms. The molecular formula is C12H26N2. The fourth-order valence-corrected chi connectivity index (χ4v) is 1.26. The molecule has 0 saturated carbocycles. The minimum Gasteiger partial charge on any atom is -0.315 e. The van der Waals surface area contributed by atoms with E-state index in [1.54, 1.807) is 0 Å². The molecule has 2 heteroatoms. The fraction of sp³-hybridized carbons (Fsp3) is 0.833. The summed E-state index contributed by atoms with van der Waals surface area (Å²) in [5.41, 5.74) is 0. The summed E-state index contributed by atoms with van der Waals surface area (Å²) < 4.78 is 0. The van der Waals surface area contributed by atoms with Gasteiger partial charge in [0, 0.05) is 12.6 Å². The summed E-state index contributed by atoms with van der Waals surface area (Å²) in [6.07, 6.45) is 4.28. The Morgan fingerprint density at radius 1 is 1.21 bits per heavy atom. The lowest BCUT2D eigenvalue weighted by Crippen LogP contribution is -2.37. The predicted octanol–water partition coefficient (Wildman–Crippen LogP) is 2.18. The van der Waals surface area contributed by atoms with Gasteiger partial charge in [0.05, 0.1) is 0 Å². The van der Waals surface area contributed by atoms with Gasteiger partial charge in [-0.1, -0.05) is 19.9 Å². The van der Waals surface area contributed by atoms with Gasteiger partial charge in [-0.25, -0.2) is 0 Å². The van der Waals surface area contributed by atoms with Crippen LogP contribution in [0.4, 0.5) is 0 Å². The standard InChI is InChI=1S/C12H26N2/c1-5-6-7-8-14-12(4)10-13-9-11(2)3/h5,11-14H,1,6-10H2,2-4H3. The van der Waals surface area contributed by atoms with E-state index in [-0.39, 0.29) is 0 Å². The Morgan fingerprint density at radius 3 is 2.50 bits per heavy atom. The molecular weight excluding hydrogens is 172 g/mol. The van der Waals surface area contributed by atoms with Gasteiger partial charge in [-0.15, -0.1) is 6.58 Å².